The fraction of sp³-hybridized carbons (Fsp3) is 0.211. The van der Waals surface area contributed by atoms with Crippen LogP contribution in [0.4, 0.5) is 24.7 Å². The molecule has 1 aliphatic rings. The maximum Gasteiger partial charge on any atom is 0.573 e. The average molecular weight is 379 g/mol. The van der Waals surface area contributed by atoms with Crippen LogP contribution < -0.4 is 10.1 Å². The van der Waals surface area contributed by atoms with Gasteiger partial charge in [0.1, 0.15) is 11.6 Å². The molecule has 1 N–H and O–H groups in total. The van der Waals surface area contributed by atoms with Crippen molar-refractivity contribution < 1.29 is 17.9 Å². The molecule has 0 radical (unpaired) electrons. The molecule has 1 heterocycles. The van der Waals surface area contributed by atoms with Gasteiger partial charge in [0.15, 0.2) is 0 Å². The second-order valence-corrected chi connectivity index (χ2v) is 6.53. The van der Waals surface area contributed by atoms with Gasteiger partial charge in [-0.1, -0.05) is 11.6 Å². The maximum absolute atomic E-state index is 12.2. The van der Waals surface area contributed by atoms with Gasteiger partial charge in [0.2, 0.25) is 0 Å². The topological polar surface area (TPSA) is 34.1 Å². The number of nitrogens with zero attached hydrogens (tertiary/aromatic N) is 1. The van der Waals surface area contributed by atoms with E-state index in [0.29, 0.717) is 16.5 Å². The van der Waals surface area contributed by atoms with Gasteiger partial charge in [-0.05, 0) is 72.9 Å². The van der Waals surface area contributed by atoms with Crippen LogP contribution in [-0.2, 0) is 12.8 Å². The number of hydrogen-bond acceptors (Lipinski definition) is 3. The van der Waals surface area contributed by atoms with Crippen molar-refractivity contribution in [3.05, 3.63) is 58.6 Å². The van der Waals surface area contributed by atoms with Gasteiger partial charge in [-0.25, -0.2) is 4.98 Å². The lowest BCUT2D eigenvalue weighted by Gasteiger charge is -2.11. The zero-order valence-corrected chi connectivity index (χ0v) is 14.3. The summed E-state index contributed by atoms with van der Waals surface area (Å²) >= 11 is 6.53. The standard InChI is InChI=1S/C19H14ClF3N2O/c20-17-15-3-1-2-11(15)10-12-4-9-16(25-18(12)17)24-13-5-7-14(8-6-13)26-19(21,22)23/h4-10H,1-3H2,(H,24,25). The van der Waals surface area contributed by atoms with E-state index in [0.717, 1.165) is 35.7 Å². The molecule has 0 amide bonds. The van der Waals surface area contributed by atoms with Crippen LogP contribution in [0.15, 0.2) is 42.5 Å². The minimum absolute atomic E-state index is 0.270. The van der Waals surface area contributed by atoms with E-state index < -0.39 is 6.36 Å². The fourth-order valence-electron chi connectivity index (χ4n) is 3.23. The summed E-state index contributed by atoms with van der Waals surface area (Å²) in [5, 5.41) is 4.74. The molecule has 1 aromatic heterocycles. The molecular weight excluding hydrogens is 365 g/mol. The van der Waals surface area contributed by atoms with Crippen molar-refractivity contribution in [2.75, 3.05) is 5.32 Å². The molecule has 0 spiro atoms. The van der Waals surface area contributed by atoms with Gasteiger partial charge in [0, 0.05) is 11.1 Å². The Morgan fingerprint density at radius 2 is 1.81 bits per heavy atom. The molecule has 1 aliphatic carbocycles. The van der Waals surface area contributed by atoms with Gasteiger partial charge in [-0.15, -0.1) is 13.2 Å². The first kappa shape index (κ1) is 17.0. The first-order valence-corrected chi connectivity index (χ1v) is 8.51. The van der Waals surface area contributed by atoms with Crippen LogP contribution in [-0.4, -0.2) is 11.3 Å². The summed E-state index contributed by atoms with van der Waals surface area (Å²) in [6.45, 7) is 0. The Hall–Kier alpha value is -2.47. The molecular formula is C19H14ClF3N2O. The SMILES string of the molecule is FC(F)(F)Oc1ccc(Nc2ccc3cc4c(c(Cl)c3n2)CCC4)cc1. The molecule has 134 valence electrons. The third-order valence-corrected chi connectivity index (χ3v) is 4.76. The molecule has 0 atom stereocenters. The largest absolute Gasteiger partial charge is 0.573 e. The van der Waals surface area contributed by atoms with Crippen LogP contribution in [0, 0.1) is 0 Å². The minimum atomic E-state index is -4.70. The molecule has 0 aliphatic heterocycles. The van der Waals surface area contributed by atoms with E-state index in [4.69, 9.17) is 11.6 Å². The molecule has 2 aromatic carbocycles. The second-order valence-electron chi connectivity index (χ2n) is 6.15. The van der Waals surface area contributed by atoms with E-state index in [-0.39, 0.29) is 5.75 Å². The Morgan fingerprint density at radius 1 is 1.04 bits per heavy atom. The lowest BCUT2D eigenvalue weighted by Crippen LogP contribution is -2.16. The summed E-state index contributed by atoms with van der Waals surface area (Å²) in [5.74, 6) is 0.301. The number of alkyl halides is 3. The number of nitrogens with one attached hydrogen (secondary N) is 1. The van der Waals surface area contributed by atoms with Crippen LogP contribution >= 0.6 is 11.6 Å². The Balaban J connectivity index is 1.59. The van der Waals surface area contributed by atoms with Gasteiger partial charge in [0.25, 0.3) is 0 Å². The number of rotatable bonds is 3. The number of fused-ring (bicyclic) bond motifs is 2. The van der Waals surface area contributed by atoms with E-state index in [2.05, 4.69) is 21.1 Å². The molecule has 3 nitrogen and oxygen atoms in total. The smallest absolute Gasteiger partial charge is 0.406 e. The highest BCUT2D eigenvalue weighted by Crippen LogP contribution is 2.35. The van der Waals surface area contributed by atoms with Crippen molar-refractivity contribution in [2.24, 2.45) is 0 Å². The first-order valence-electron chi connectivity index (χ1n) is 8.13. The highest BCUT2D eigenvalue weighted by molar-refractivity contribution is 6.36. The van der Waals surface area contributed by atoms with E-state index in [1.54, 1.807) is 0 Å². The monoisotopic (exact) mass is 378 g/mol. The number of aryl methyl sites for hydroxylation is 1. The zero-order chi connectivity index (χ0) is 18.3. The molecule has 0 bridgehead atoms. The van der Waals surface area contributed by atoms with Crippen molar-refractivity contribution in [3.63, 3.8) is 0 Å². The van der Waals surface area contributed by atoms with E-state index in [9.17, 15) is 13.2 Å². The van der Waals surface area contributed by atoms with E-state index in [1.165, 1.54) is 29.8 Å². The molecule has 0 saturated heterocycles. The van der Waals surface area contributed by atoms with Gasteiger partial charge in [-0.3, -0.25) is 0 Å². The van der Waals surface area contributed by atoms with Crippen molar-refractivity contribution in [1.29, 1.82) is 0 Å². The van der Waals surface area contributed by atoms with Gasteiger partial charge in [0.05, 0.1) is 10.5 Å². The molecule has 7 heteroatoms. The van der Waals surface area contributed by atoms with E-state index >= 15 is 0 Å². The van der Waals surface area contributed by atoms with Crippen LogP contribution in [0.5, 0.6) is 5.75 Å². The second kappa shape index (κ2) is 6.36. The predicted molar refractivity (Wildman–Crippen MR) is 95.2 cm³/mol. The van der Waals surface area contributed by atoms with Crippen LogP contribution in [0.2, 0.25) is 5.02 Å². The zero-order valence-electron chi connectivity index (χ0n) is 13.5. The average Bonchev–Trinajstić information content (AvgIpc) is 3.05. The minimum Gasteiger partial charge on any atom is -0.406 e. The number of hydrogen-bond donors (Lipinski definition) is 1. The number of anilines is 2. The maximum atomic E-state index is 12.2. The Morgan fingerprint density at radius 3 is 2.54 bits per heavy atom. The number of aromatic nitrogens is 1. The van der Waals surface area contributed by atoms with Crippen molar-refractivity contribution in [3.8, 4) is 5.75 Å². The molecule has 0 saturated carbocycles. The highest BCUT2D eigenvalue weighted by Gasteiger charge is 2.30. The third kappa shape index (κ3) is 3.42. The first-order chi connectivity index (χ1) is 12.4. The van der Waals surface area contributed by atoms with E-state index in [1.807, 2.05) is 12.1 Å². The molecule has 3 aromatic rings. The van der Waals surface area contributed by atoms with Gasteiger partial charge < -0.3 is 10.1 Å². The lowest BCUT2D eigenvalue weighted by molar-refractivity contribution is -0.274. The van der Waals surface area contributed by atoms with Crippen LogP contribution in [0.25, 0.3) is 10.9 Å². The van der Waals surface area contributed by atoms with Gasteiger partial charge >= 0.3 is 6.36 Å². The molecule has 0 unspecified atom stereocenters. The van der Waals surface area contributed by atoms with Crippen molar-refractivity contribution >= 4 is 34.0 Å². The number of pyridine rings is 1. The third-order valence-electron chi connectivity index (χ3n) is 4.35. The Bertz CT molecular complexity index is 971. The summed E-state index contributed by atoms with van der Waals surface area (Å²) < 4.78 is 40.5. The molecule has 4 rings (SSSR count). The molecule has 0 fully saturated rings. The number of halogens is 4. The summed E-state index contributed by atoms with van der Waals surface area (Å²) in [6, 6.07) is 11.4. The predicted octanol–water partition coefficient (Wildman–Crippen LogP) is 6.02. The number of benzene rings is 2. The summed E-state index contributed by atoms with van der Waals surface area (Å²) in [7, 11) is 0. The van der Waals surface area contributed by atoms with Crippen LogP contribution in [0.3, 0.4) is 0 Å². The Labute approximate surface area is 152 Å². The Kier molecular flexibility index (Phi) is 4.15. The lowest BCUT2D eigenvalue weighted by atomic mass is 10.1. The number of ether oxygens (including phenoxy) is 1. The van der Waals surface area contributed by atoms with Crippen LogP contribution in [0.1, 0.15) is 17.5 Å². The normalized spacial score (nSPS) is 13.7. The summed E-state index contributed by atoms with van der Waals surface area (Å²) in [5.41, 5.74) is 3.78. The summed E-state index contributed by atoms with van der Waals surface area (Å²) in [4.78, 5) is 4.58. The fourth-order valence-corrected chi connectivity index (χ4v) is 3.59. The summed E-state index contributed by atoms with van der Waals surface area (Å²) in [6.07, 6.45) is -1.60. The quantitative estimate of drug-likeness (QED) is 0.605. The molecule has 26 heavy (non-hydrogen) atoms. The van der Waals surface area contributed by atoms with Gasteiger partial charge in [-0.2, -0.15) is 0 Å². The highest BCUT2D eigenvalue weighted by atomic mass is 35.5. The van der Waals surface area contributed by atoms with Crippen molar-refractivity contribution in [2.45, 2.75) is 25.6 Å². The van der Waals surface area contributed by atoms with Crippen molar-refractivity contribution in [1.82, 2.24) is 4.98 Å².